The maximum absolute atomic E-state index is 8.30. The Bertz CT molecular complexity index is 92.4. The zero-order valence-corrected chi connectivity index (χ0v) is 4.28. The first kappa shape index (κ1) is 6.31. The highest BCUT2D eigenvalue weighted by molar-refractivity contribution is 5.27. The first-order valence-corrected chi connectivity index (χ1v) is 1.98. The van der Waals surface area contributed by atoms with Crippen LogP contribution in [0, 0.1) is 6.92 Å². The summed E-state index contributed by atoms with van der Waals surface area (Å²) < 4.78 is 0. The minimum atomic E-state index is -0.0394. The van der Waals surface area contributed by atoms with Crippen LogP contribution < -0.4 is 0 Å². The SMILES string of the molecule is C=C([CH2+])C(=C)CO. The maximum atomic E-state index is 8.30. The van der Waals surface area contributed by atoms with Gasteiger partial charge in [-0.2, -0.15) is 0 Å². The Morgan fingerprint density at radius 1 is 1.57 bits per heavy atom. The van der Waals surface area contributed by atoms with E-state index >= 15 is 0 Å². The molecule has 0 aliphatic heterocycles. The Labute approximate surface area is 44.0 Å². The predicted molar refractivity (Wildman–Crippen MR) is 30.7 cm³/mol. The lowest BCUT2D eigenvalue weighted by atomic mass is 10.2. The first-order valence-electron chi connectivity index (χ1n) is 1.98. The van der Waals surface area contributed by atoms with Gasteiger partial charge in [0.1, 0.15) is 12.2 Å². The van der Waals surface area contributed by atoms with Gasteiger partial charge in [-0.05, 0) is 6.58 Å². The maximum Gasteiger partial charge on any atom is 0.124 e. The van der Waals surface area contributed by atoms with E-state index in [0.29, 0.717) is 11.1 Å². The Balaban J connectivity index is 3.58. The molecule has 38 valence electrons. The molecule has 0 aliphatic rings. The summed E-state index contributed by atoms with van der Waals surface area (Å²) in [7, 11) is 0. The summed E-state index contributed by atoms with van der Waals surface area (Å²) in [6.45, 7) is 10.3. The molecule has 0 amide bonds. The molecule has 0 aromatic heterocycles. The van der Waals surface area contributed by atoms with Gasteiger partial charge in [0.15, 0.2) is 0 Å². The van der Waals surface area contributed by atoms with Crippen molar-refractivity contribution >= 4 is 0 Å². The van der Waals surface area contributed by atoms with E-state index in [1.165, 1.54) is 0 Å². The zero-order valence-electron chi connectivity index (χ0n) is 4.28. The fourth-order valence-electron chi connectivity index (χ4n) is 0.112. The van der Waals surface area contributed by atoms with Gasteiger partial charge in [0.2, 0.25) is 0 Å². The van der Waals surface area contributed by atoms with E-state index in [9.17, 15) is 0 Å². The van der Waals surface area contributed by atoms with Crippen LogP contribution in [0.2, 0.25) is 0 Å². The van der Waals surface area contributed by atoms with Gasteiger partial charge in [-0.3, -0.25) is 0 Å². The first-order chi connectivity index (χ1) is 3.18. The van der Waals surface area contributed by atoms with Crippen molar-refractivity contribution in [1.82, 2.24) is 0 Å². The predicted octanol–water partition coefficient (Wildman–Crippen LogP) is 0.925. The summed E-state index contributed by atoms with van der Waals surface area (Å²) in [5.74, 6) is 0. The van der Waals surface area contributed by atoms with Crippen LogP contribution in [0.4, 0.5) is 0 Å². The molecule has 1 nitrogen and oxygen atoms in total. The standard InChI is InChI=1S/C6H9O/c1-5(2)6(3)4-7/h7H,1-4H2/q+1. The van der Waals surface area contributed by atoms with Gasteiger partial charge in [-0.1, -0.05) is 0 Å². The molecule has 0 atom stereocenters. The summed E-state index contributed by atoms with van der Waals surface area (Å²) in [6, 6.07) is 0. The molecule has 0 aromatic rings. The van der Waals surface area contributed by atoms with E-state index in [0.717, 1.165) is 0 Å². The molecule has 0 saturated heterocycles. The molecule has 0 aliphatic carbocycles. The summed E-state index contributed by atoms with van der Waals surface area (Å²) in [5, 5.41) is 8.30. The third-order valence-corrected chi connectivity index (χ3v) is 0.691. The Kier molecular flexibility index (Phi) is 2.23. The van der Waals surface area contributed by atoms with Crippen molar-refractivity contribution in [1.29, 1.82) is 0 Å². The van der Waals surface area contributed by atoms with E-state index in [1.54, 1.807) is 0 Å². The highest BCUT2D eigenvalue weighted by Gasteiger charge is 1.97. The van der Waals surface area contributed by atoms with Crippen molar-refractivity contribution in [3.8, 4) is 0 Å². The number of hydrogen-bond donors (Lipinski definition) is 1. The molecule has 0 fully saturated rings. The van der Waals surface area contributed by atoms with Crippen LogP contribution in [0.15, 0.2) is 24.3 Å². The normalized spacial score (nSPS) is 8.14. The van der Waals surface area contributed by atoms with Crippen LogP contribution in [0.5, 0.6) is 0 Å². The number of aliphatic hydroxyl groups is 1. The minimum Gasteiger partial charge on any atom is -0.379 e. The third-order valence-electron chi connectivity index (χ3n) is 0.691. The second-order valence-electron chi connectivity index (χ2n) is 1.37. The highest BCUT2D eigenvalue weighted by Crippen LogP contribution is 1.98. The van der Waals surface area contributed by atoms with Crippen molar-refractivity contribution in [3.63, 3.8) is 0 Å². The number of hydrogen-bond acceptors (Lipinski definition) is 1. The van der Waals surface area contributed by atoms with Gasteiger partial charge in [-0.25, -0.2) is 0 Å². The molecule has 0 heterocycles. The van der Waals surface area contributed by atoms with Gasteiger partial charge in [0.05, 0.1) is 5.57 Å². The van der Waals surface area contributed by atoms with E-state index in [1.807, 2.05) is 0 Å². The Morgan fingerprint density at radius 3 is 2.00 bits per heavy atom. The topological polar surface area (TPSA) is 20.2 Å². The molecular formula is C6H9O+. The summed E-state index contributed by atoms with van der Waals surface area (Å²) >= 11 is 0. The van der Waals surface area contributed by atoms with Crippen LogP contribution in [0.1, 0.15) is 0 Å². The molecule has 0 unspecified atom stereocenters. The van der Waals surface area contributed by atoms with E-state index in [-0.39, 0.29) is 6.61 Å². The zero-order chi connectivity index (χ0) is 5.86. The lowest BCUT2D eigenvalue weighted by molar-refractivity contribution is 0.334. The number of aliphatic hydroxyl groups excluding tert-OH is 1. The summed E-state index contributed by atoms with van der Waals surface area (Å²) in [5.41, 5.74) is 1.20. The Hall–Kier alpha value is -0.690. The minimum absolute atomic E-state index is 0.0394. The van der Waals surface area contributed by atoms with E-state index in [4.69, 9.17) is 5.11 Å². The summed E-state index contributed by atoms with van der Waals surface area (Å²) in [4.78, 5) is 0. The highest BCUT2D eigenvalue weighted by atomic mass is 16.3. The smallest absolute Gasteiger partial charge is 0.124 e. The molecule has 0 saturated carbocycles. The summed E-state index contributed by atoms with van der Waals surface area (Å²) in [6.07, 6.45) is 0. The molecular weight excluding hydrogens is 88.1 g/mol. The molecule has 1 heteroatoms. The van der Waals surface area contributed by atoms with Crippen molar-refractivity contribution < 1.29 is 5.11 Å². The molecule has 0 aromatic carbocycles. The van der Waals surface area contributed by atoms with Crippen LogP contribution in [-0.4, -0.2) is 11.7 Å². The largest absolute Gasteiger partial charge is 0.379 e. The lowest BCUT2D eigenvalue weighted by Gasteiger charge is -1.84. The molecule has 1 N–H and O–H groups in total. The van der Waals surface area contributed by atoms with E-state index < -0.39 is 0 Å². The molecule has 0 rings (SSSR count). The van der Waals surface area contributed by atoms with Gasteiger partial charge in [0.25, 0.3) is 0 Å². The molecule has 0 radical (unpaired) electrons. The quantitative estimate of drug-likeness (QED) is 0.401. The van der Waals surface area contributed by atoms with Gasteiger partial charge < -0.3 is 5.11 Å². The van der Waals surface area contributed by atoms with Crippen molar-refractivity contribution in [3.05, 3.63) is 31.2 Å². The number of rotatable bonds is 2. The van der Waals surface area contributed by atoms with Crippen LogP contribution in [-0.2, 0) is 0 Å². The second-order valence-corrected chi connectivity index (χ2v) is 1.37. The van der Waals surface area contributed by atoms with Crippen LogP contribution in [0.3, 0.4) is 0 Å². The van der Waals surface area contributed by atoms with Crippen LogP contribution >= 0.6 is 0 Å². The van der Waals surface area contributed by atoms with Gasteiger partial charge in [0, 0.05) is 13.5 Å². The van der Waals surface area contributed by atoms with Crippen molar-refractivity contribution in [2.75, 3.05) is 6.61 Å². The lowest BCUT2D eigenvalue weighted by Crippen LogP contribution is -1.86. The van der Waals surface area contributed by atoms with E-state index in [2.05, 4.69) is 20.1 Å². The fourth-order valence-corrected chi connectivity index (χ4v) is 0.112. The Morgan fingerprint density at radius 2 is 2.00 bits per heavy atom. The van der Waals surface area contributed by atoms with Crippen molar-refractivity contribution in [2.24, 2.45) is 0 Å². The average Bonchev–Trinajstić information content (AvgIpc) is 1.65. The molecule has 0 bridgehead atoms. The fraction of sp³-hybridized carbons (Fsp3) is 0.167. The van der Waals surface area contributed by atoms with Gasteiger partial charge >= 0.3 is 0 Å². The molecule has 0 spiro atoms. The molecule has 7 heavy (non-hydrogen) atoms. The van der Waals surface area contributed by atoms with Gasteiger partial charge in [-0.15, -0.1) is 0 Å². The monoisotopic (exact) mass is 97.1 g/mol. The third kappa shape index (κ3) is 2.06. The average molecular weight is 97.1 g/mol. The van der Waals surface area contributed by atoms with Crippen LogP contribution in [0.25, 0.3) is 0 Å². The second kappa shape index (κ2) is 2.48. The van der Waals surface area contributed by atoms with Crippen molar-refractivity contribution in [2.45, 2.75) is 0 Å².